The van der Waals surface area contributed by atoms with Crippen LogP contribution in [0.2, 0.25) is 0 Å². The van der Waals surface area contributed by atoms with Crippen molar-refractivity contribution >= 4 is 35.6 Å². The Morgan fingerprint density at radius 3 is 2.62 bits per heavy atom. The lowest BCUT2D eigenvalue weighted by atomic mass is 10.1. The van der Waals surface area contributed by atoms with Crippen LogP contribution in [0.1, 0.15) is 36.2 Å². The summed E-state index contributed by atoms with van der Waals surface area (Å²) in [6, 6.07) is 6.54. The van der Waals surface area contributed by atoms with Gasteiger partial charge in [0.2, 0.25) is 0 Å². The van der Waals surface area contributed by atoms with E-state index in [1.54, 1.807) is 4.68 Å². The molecule has 8 nitrogen and oxygen atoms in total. The first-order chi connectivity index (χ1) is 15.1. The highest BCUT2D eigenvalue weighted by atomic mass is 127. The van der Waals surface area contributed by atoms with Gasteiger partial charge >= 0.3 is 5.69 Å². The molecule has 3 heterocycles. The third-order valence-corrected chi connectivity index (χ3v) is 6.57. The third-order valence-electron chi connectivity index (χ3n) is 6.57. The van der Waals surface area contributed by atoms with Crippen molar-refractivity contribution in [1.82, 2.24) is 24.6 Å². The number of aliphatic imine (C=N–C) groups is 1. The number of fused-ring (bicyclic) bond motifs is 1. The molecular formula is C23H36IN7O. The maximum atomic E-state index is 12.4. The Morgan fingerprint density at radius 1 is 1.12 bits per heavy atom. The quantitative estimate of drug-likeness (QED) is 0.267. The summed E-state index contributed by atoms with van der Waals surface area (Å²) >= 11 is 0. The number of anilines is 1. The van der Waals surface area contributed by atoms with Crippen molar-refractivity contribution in [2.24, 2.45) is 4.99 Å². The summed E-state index contributed by atoms with van der Waals surface area (Å²) in [5.41, 5.74) is 4.10. The lowest BCUT2D eigenvalue weighted by molar-refractivity contribution is 0.371. The summed E-state index contributed by atoms with van der Waals surface area (Å²) < 4.78 is 3.47. The van der Waals surface area contributed by atoms with Gasteiger partial charge in [-0.15, -0.1) is 24.0 Å². The average molecular weight is 553 g/mol. The minimum Gasteiger partial charge on any atom is -0.368 e. The molecule has 1 aromatic heterocycles. The van der Waals surface area contributed by atoms with Crippen molar-refractivity contribution < 1.29 is 0 Å². The van der Waals surface area contributed by atoms with Crippen LogP contribution in [0.3, 0.4) is 0 Å². The van der Waals surface area contributed by atoms with Crippen LogP contribution < -0.4 is 15.9 Å². The summed E-state index contributed by atoms with van der Waals surface area (Å²) in [6.07, 6.45) is 3.97. The summed E-state index contributed by atoms with van der Waals surface area (Å²) in [5.74, 6) is 1.89. The average Bonchev–Trinajstić information content (AvgIpc) is 3.12. The monoisotopic (exact) mass is 553 g/mol. The highest BCUT2D eigenvalue weighted by Crippen LogP contribution is 2.23. The second kappa shape index (κ2) is 11.2. The van der Waals surface area contributed by atoms with Gasteiger partial charge in [0.15, 0.2) is 5.96 Å². The summed E-state index contributed by atoms with van der Waals surface area (Å²) in [7, 11) is 1.84. The van der Waals surface area contributed by atoms with Gasteiger partial charge < -0.3 is 15.1 Å². The fourth-order valence-corrected chi connectivity index (χ4v) is 4.59. The molecule has 0 aliphatic carbocycles. The first-order valence-corrected chi connectivity index (χ1v) is 11.5. The number of guanidine groups is 1. The van der Waals surface area contributed by atoms with Crippen LogP contribution in [0, 0.1) is 13.8 Å². The van der Waals surface area contributed by atoms with Crippen molar-refractivity contribution in [2.45, 2.75) is 52.6 Å². The van der Waals surface area contributed by atoms with E-state index in [0.29, 0.717) is 6.54 Å². The van der Waals surface area contributed by atoms with E-state index in [9.17, 15) is 4.79 Å². The normalized spacial score (nSPS) is 16.5. The summed E-state index contributed by atoms with van der Waals surface area (Å²) in [4.78, 5) is 21.7. The minimum atomic E-state index is 0. The molecule has 0 atom stereocenters. The predicted molar refractivity (Wildman–Crippen MR) is 141 cm³/mol. The van der Waals surface area contributed by atoms with E-state index >= 15 is 0 Å². The van der Waals surface area contributed by atoms with Gasteiger partial charge in [0.25, 0.3) is 0 Å². The zero-order valence-electron chi connectivity index (χ0n) is 19.5. The molecule has 0 bridgehead atoms. The van der Waals surface area contributed by atoms with Crippen LogP contribution in [0.25, 0.3) is 0 Å². The Hall–Kier alpha value is -2.04. The maximum Gasteiger partial charge on any atom is 0.345 e. The molecule has 0 radical (unpaired) electrons. The first kappa shape index (κ1) is 24.6. The number of aromatic nitrogens is 3. The number of nitrogens with one attached hydrogen (secondary N) is 1. The van der Waals surface area contributed by atoms with Crippen molar-refractivity contribution in [3.63, 3.8) is 0 Å². The Labute approximate surface area is 207 Å². The molecule has 0 saturated carbocycles. The topological polar surface area (TPSA) is 70.7 Å². The number of nitrogens with zero attached hydrogens (tertiary/aromatic N) is 6. The lowest BCUT2D eigenvalue weighted by Crippen LogP contribution is -2.52. The molecule has 32 heavy (non-hydrogen) atoms. The van der Waals surface area contributed by atoms with E-state index < -0.39 is 0 Å². The Balaban J connectivity index is 0.00000289. The Morgan fingerprint density at radius 2 is 1.91 bits per heavy atom. The first-order valence-electron chi connectivity index (χ1n) is 11.5. The van der Waals surface area contributed by atoms with Crippen molar-refractivity contribution in [1.29, 1.82) is 0 Å². The van der Waals surface area contributed by atoms with E-state index in [-0.39, 0.29) is 29.7 Å². The molecule has 0 amide bonds. The van der Waals surface area contributed by atoms with Gasteiger partial charge in [-0.05, 0) is 50.3 Å². The molecule has 0 unspecified atom stereocenters. The molecule has 2 aliphatic heterocycles. The zero-order chi connectivity index (χ0) is 21.8. The molecule has 2 aromatic rings. The fraction of sp³-hybridized carbons (Fsp3) is 0.609. The van der Waals surface area contributed by atoms with Gasteiger partial charge in [-0.2, -0.15) is 5.10 Å². The second-order valence-corrected chi connectivity index (χ2v) is 8.55. The molecule has 2 aliphatic rings. The molecule has 1 aromatic carbocycles. The zero-order valence-corrected chi connectivity index (χ0v) is 21.8. The van der Waals surface area contributed by atoms with Crippen LogP contribution in [0.5, 0.6) is 0 Å². The summed E-state index contributed by atoms with van der Waals surface area (Å²) in [5, 5.41) is 7.99. The number of hydrogen-bond acceptors (Lipinski definition) is 4. The molecule has 4 rings (SSSR count). The number of benzene rings is 1. The largest absolute Gasteiger partial charge is 0.368 e. The van der Waals surface area contributed by atoms with E-state index in [0.717, 1.165) is 76.7 Å². The third kappa shape index (κ3) is 5.29. The molecule has 1 N–H and O–H groups in total. The molecule has 176 valence electrons. The van der Waals surface area contributed by atoms with Gasteiger partial charge in [-0.25, -0.2) is 9.48 Å². The van der Waals surface area contributed by atoms with E-state index in [1.165, 1.54) is 16.8 Å². The van der Waals surface area contributed by atoms with Crippen LogP contribution in [0.4, 0.5) is 5.69 Å². The second-order valence-electron chi connectivity index (χ2n) is 8.55. The Bertz CT molecular complexity index is 989. The van der Waals surface area contributed by atoms with Crippen LogP contribution in [0.15, 0.2) is 28.0 Å². The maximum absolute atomic E-state index is 12.4. The van der Waals surface area contributed by atoms with Crippen LogP contribution >= 0.6 is 24.0 Å². The number of piperazine rings is 1. The number of halogens is 1. The van der Waals surface area contributed by atoms with Crippen molar-refractivity contribution in [2.75, 3.05) is 44.7 Å². The standard InChI is InChI=1S/C23H35N7O.HI/c1-18-8-6-9-20(19(18)2)27-14-16-28(17-15-27)22(24-3)25-11-7-13-30-23(31)29-12-5-4-10-21(29)26-30;/h6,8-9H,4-5,7,10-17H2,1-3H3,(H,24,25);1H. The van der Waals surface area contributed by atoms with Crippen molar-refractivity contribution in [3.8, 4) is 0 Å². The van der Waals surface area contributed by atoms with Gasteiger partial charge in [-0.3, -0.25) is 9.56 Å². The van der Waals surface area contributed by atoms with E-state index in [2.05, 4.69) is 57.3 Å². The smallest absolute Gasteiger partial charge is 0.345 e. The predicted octanol–water partition coefficient (Wildman–Crippen LogP) is 2.40. The van der Waals surface area contributed by atoms with E-state index in [4.69, 9.17) is 0 Å². The van der Waals surface area contributed by atoms with Crippen LogP contribution in [-0.4, -0.2) is 65.0 Å². The van der Waals surface area contributed by atoms with E-state index in [1.807, 2.05) is 11.6 Å². The molecular weight excluding hydrogens is 517 g/mol. The molecule has 9 heteroatoms. The van der Waals surface area contributed by atoms with Gasteiger partial charge in [0, 0.05) is 65.0 Å². The minimum absolute atomic E-state index is 0. The van der Waals surface area contributed by atoms with Gasteiger partial charge in [-0.1, -0.05) is 12.1 Å². The SMILES string of the molecule is CN=C(NCCCn1nc2n(c1=O)CCCC2)N1CCN(c2cccc(C)c2C)CC1.I. The summed E-state index contributed by atoms with van der Waals surface area (Å²) in [6.45, 7) is 10.5. The Kier molecular flexibility index (Phi) is 8.61. The van der Waals surface area contributed by atoms with Gasteiger partial charge in [0.05, 0.1) is 0 Å². The number of rotatable bonds is 5. The van der Waals surface area contributed by atoms with Crippen molar-refractivity contribution in [3.05, 3.63) is 45.6 Å². The van der Waals surface area contributed by atoms with Gasteiger partial charge in [0.1, 0.15) is 5.82 Å². The lowest BCUT2D eigenvalue weighted by Gasteiger charge is -2.38. The molecule has 1 fully saturated rings. The highest BCUT2D eigenvalue weighted by Gasteiger charge is 2.21. The fourth-order valence-electron chi connectivity index (χ4n) is 4.59. The molecule has 0 spiro atoms. The molecule has 1 saturated heterocycles. The number of hydrogen-bond donors (Lipinski definition) is 1. The number of aryl methyl sites for hydroxylation is 3. The highest BCUT2D eigenvalue weighted by molar-refractivity contribution is 14.0. The van der Waals surface area contributed by atoms with Crippen LogP contribution in [-0.2, 0) is 19.5 Å².